The Morgan fingerprint density at radius 1 is 1.35 bits per heavy atom. The Morgan fingerprint density at radius 2 is 2.00 bits per heavy atom. The second kappa shape index (κ2) is 5.94. The summed E-state index contributed by atoms with van der Waals surface area (Å²) in [5.41, 5.74) is 7.87. The molecule has 4 heteroatoms. The van der Waals surface area contributed by atoms with Crippen LogP contribution in [0.15, 0.2) is 0 Å². The Kier molecular flexibility index (Phi) is 4.85. The van der Waals surface area contributed by atoms with Gasteiger partial charge in [-0.3, -0.25) is 0 Å². The van der Waals surface area contributed by atoms with Gasteiger partial charge in [0.1, 0.15) is 0 Å². The predicted octanol–water partition coefficient (Wildman–Crippen LogP) is 2.98. The third-order valence-electron chi connectivity index (χ3n) is 3.05. The fourth-order valence-corrected chi connectivity index (χ4v) is 1.99. The molecule has 0 saturated carbocycles. The third kappa shape index (κ3) is 3.14. The van der Waals surface area contributed by atoms with E-state index in [9.17, 15) is 0 Å². The highest BCUT2D eigenvalue weighted by atomic mass is 15.4. The Bertz CT molecular complexity index is 355. The van der Waals surface area contributed by atoms with Gasteiger partial charge in [-0.15, -0.1) is 0 Å². The molecule has 1 rings (SSSR count). The van der Waals surface area contributed by atoms with E-state index in [2.05, 4.69) is 37.8 Å². The molecule has 98 valence electrons. The third-order valence-corrected chi connectivity index (χ3v) is 3.05. The average molecular weight is 238 g/mol. The predicted molar refractivity (Wildman–Crippen MR) is 74.6 cm³/mol. The molecule has 0 aliphatic rings. The molecule has 0 aromatic carbocycles. The van der Waals surface area contributed by atoms with Crippen LogP contribution in [0.2, 0.25) is 0 Å². The van der Waals surface area contributed by atoms with E-state index >= 15 is 0 Å². The summed E-state index contributed by atoms with van der Waals surface area (Å²) in [6.07, 6.45) is 3.71. The monoisotopic (exact) mass is 238 g/mol. The first kappa shape index (κ1) is 13.9. The van der Waals surface area contributed by atoms with Crippen LogP contribution in [0, 0.1) is 6.92 Å². The van der Waals surface area contributed by atoms with Crippen LogP contribution in [0.1, 0.15) is 51.8 Å². The summed E-state index contributed by atoms with van der Waals surface area (Å²) < 4.78 is 2.02. The smallest absolute Gasteiger partial charge is 0.150 e. The van der Waals surface area contributed by atoms with Gasteiger partial charge in [0.2, 0.25) is 0 Å². The molecule has 0 saturated heterocycles. The van der Waals surface area contributed by atoms with Crippen LogP contribution in [-0.2, 0) is 0 Å². The maximum Gasteiger partial charge on any atom is 0.150 e. The van der Waals surface area contributed by atoms with Crippen molar-refractivity contribution in [2.45, 2.75) is 53.0 Å². The lowest BCUT2D eigenvalue weighted by atomic mass is 10.2. The van der Waals surface area contributed by atoms with Crippen molar-refractivity contribution >= 4 is 11.5 Å². The fraction of sp³-hybridized carbons (Fsp3) is 0.769. The molecule has 0 fully saturated rings. The van der Waals surface area contributed by atoms with Crippen molar-refractivity contribution in [1.29, 1.82) is 0 Å². The molecule has 1 heterocycles. The number of hydrogen-bond donors (Lipinski definition) is 1. The van der Waals surface area contributed by atoms with Crippen LogP contribution >= 0.6 is 0 Å². The highest BCUT2D eigenvalue weighted by molar-refractivity contribution is 5.66. The first-order chi connectivity index (χ1) is 7.99. The standard InChI is InChI=1S/C13H26N4/c1-6-7-8-9-16(5)13-12(14)11(4)15-17(13)10(2)3/h10H,6-9,14H2,1-5H3. The van der Waals surface area contributed by atoms with Crippen molar-refractivity contribution in [2.24, 2.45) is 0 Å². The number of aryl methyl sites for hydroxylation is 1. The van der Waals surface area contributed by atoms with Gasteiger partial charge in [-0.05, 0) is 27.2 Å². The first-order valence-electron chi connectivity index (χ1n) is 6.54. The zero-order valence-corrected chi connectivity index (χ0v) is 11.8. The lowest BCUT2D eigenvalue weighted by Gasteiger charge is -2.22. The van der Waals surface area contributed by atoms with Crippen molar-refractivity contribution in [3.63, 3.8) is 0 Å². The number of hydrogen-bond acceptors (Lipinski definition) is 3. The SMILES string of the molecule is CCCCCN(C)c1c(N)c(C)nn1C(C)C. The van der Waals surface area contributed by atoms with E-state index in [1.54, 1.807) is 0 Å². The van der Waals surface area contributed by atoms with E-state index in [0.29, 0.717) is 6.04 Å². The minimum absolute atomic E-state index is 0.342. The zero-order valence-electron chi connectivity index (χ0n) is 11.8. The molecule has 2 N–H and O–H groups in total. The number of anilines is 2. The van der Waals surface area contributed by atoms with Crippen molar-refractivity contribution in [3.8, 4) is 0 Å². The van der Waals surface area contributed by atoms with Crippen LogP contribution in [0.5, 0.6) is 0 Å². The molecule has 0 radical (unpaired) electrons. The second-order valence-electron chi connectivity index (χ2n) is 4.99. The molecule has 0 unspecified atom stereocenters. The normalized spacial score (nSPS) is 11.2. The fourth-order valence-electron chi connectivity index (χ4n) is 1.99. The largest absolute Gasteiger partial charge is 0.394 e. The van der Waals surface area contributed by atoms with Gasteiger partial charge in [0.25, 0.3) is 0 Å². The maximum atomic E-state index is 6.12. The average Bonchev–Trinajstić information content (AvgIpc) is 2.56. The van der Waals surface area contributed by atoms with E-state index in [1.807, 2.05) is 11.6 Å². The van der Waals surface area contributed by atoms with Crippen molar-refractivity contribution in [2.75, 3.05) is 24.2 Å². The Hall–Kier alpha value is -1.19. The summed E-state index contributed by atoms with van der Waals surface area (Å²) in [6, 6.07) is 0.342. The Labute approximate surface area is 105 Å². The van der Waals surface area contributed by atoms with Gasteiger partial charge in [0, 0.05) is 19.6 Å². The van der Waals surface area contributed by atoms with E-state index in [4.69, 9.17) is 5.73 Å². The molecule has 1 aromatic rings. The number of nitrogen functional groups attached to an aromatic ring is 1. The molecule has 0 spiro atoms. The van der Waals surface area contributed by atoms with Crippen molar-refractivity contribution in [3.05, 3.63) is 5.69 Å². The van der Waals surface area contributed by atoms with Gasteiger partial charge in [-0.25, -0.2) is 4.68 Å². The molecule has 0 atom stereocenters. The van der Waals surface area contributed by atoms with Gasteiger partial charge in [-0.2, -0.15) is 5.10 Å². The topological polar surface area (TPSA) is 47.1 Å². The van der Waals surface area contributed by atoms with Gasteiger partial charge < -0.3 is 10.6 Å². The summed E-state index contributed by atoms with van der Waals surface area (Å²) in [5.74, 6) is 1.06. The number of unbranched alkanes of at least 4 members (excludes halogenated alkanes) is 2. The van der Waals surface area contributed by atoms with Crippen LogP contribution in [0.25, 0.3) is 0 Å². The number of nitrogens with zero attached hydrogens (tertiary/aromatic N) is 3. The van der Waals surface area contributed by atoms with Gasteiger partial charge >= 0.3 is 0 Å². The lowest BCUT2D eigenvalue weighted by Crippen LogP contribution is -2.23. The summed E-state index contributed by atoms with van der Waals surface area (Å²) in [6.45, 7) is 9.49. The van der Waals surface area contributed by atoms with E-state index in [1.165, 1.54) is 19.3 Å². The first-order valence-corrected chi connectivity index (χ1v) is 6.54. The van der Waals surface area contributed by atoms with Gasteiger partial charge in [0.15, 0.2) is 5.82 Å². The van der Waals surface area contributed by atoms with E-state index < -0.39 is 0 Å². The second-order valence-corrected chi connectivity index (χ2v) is 4.99. The van der Waals surface area contributed by atoms with Crippen LogP contribution in [0.3, 0.4) is 0 Å². The molecule has 0 aliphatic carbocycles. The molecule has 0 aliphatic heterocycles. The van der Waals surface area contributed by atoms with Gasteiger partial charge in [0.05, 0.1) is 11.4 Å². The lowest BCUT2D eigenvalue weighted by molar-refractivity contribution is 0.524. The highest BCUT2D eigenvalue weighted by Gasteiger charge is 2.17. The van der Waals surface area contributed by atoms with Crippen LogP contribution < -0.4 is 10.6 Å². The maximum absolute atomic E-state index is 6.12. The van der Waals surface area contributed by atoms with Gasteiger partial charge in [-0.1, -0.05) is 19.8 Å². The highest BCUT2D eigenvalue weighted by Crippen LogP contribution is 2.28. The summed E-state index contributed by atoms with van der Waals surface area (Å²) in [7, 11) is 2.10. The minimum atomic E-state index is 0.342. The van der Waals surface area contributed by atoms with Crippen LogP contribution in [-0.4, -0.2) is 23.4 Å². The Balaban J connectivity index is 2.87. The number of nitrogens with two attached hydrogens (primary N) is 1. The van der Waals surface area contributed by atoms with Crippen molar-refractivity contribution < 1.29 is 0 Å². The molecule has 4 nitrogen and oxygen atoms in total. The zero-order chi connectivity index (χ0) is 13.0. The Morgan fingerprint density at radius 3 is 2.53 bits per heavy atom. The molecule has 0 amide bonds. The summed E-state index contributed by atoms with van der Waals surface area (Å²) in [5, 5.41) is 4.51. The summed E-state index contributed by atoms with van der Waals surface area (Å²) >= 11 is 0. The van der Waals surface area contributed by atoms with Crippen LogP contribution in [0.4, 0.5) is 11.5 Å². The molecular formula is C13H26N4. The summed E-state index contributed by atoms with van der Waals surface area (Å²) in [4.78, 5) is 2.23. The number of aromatic nitrogens is 2. The van der Waals surface area contributed by atoms with E-state index in [0.717, 1.165) is 23.7 Å². The molecule has 0 bridgehead atoms. The number of rotatable bonds is 6. The van der Waals surface area contributed by atoms with E-state index in [-0.39, 0.29) is 0 Å². The molecule has 1 aromatic heterocycles. The minimum Gasteiger partial charge on any atom is -0.394 e. The molecular weight excluding hydrogens is 212 g/mol. The molecule has 17 heavy (non-hydrogen) atoms. The van der Waals surface area contributed by atoms with Crippen molar-refractivity contribution in [1.82, 2.24) is 9.78 Å². The quantitative estimate of drug-likeness (QED) is 0.775.